The maximum Gasteiger partial charge on any atom is 0.199 e. The molecule has 8 heterocycles. The molecule has 2 aliphatic rings. The molecule has 0 saturated heterocycles. The number of methoxy groups -OCH3 is 2. The molecule has 1 atom stereocenters. The Labute approximate surface area is 380 Å². The number of imidazole rings is 2. The molecule has 0 spiro atoms. The van der Waals surface area contributed by atoms with Crippen LogP contribution in [0.4, 0.5) is 11.6 Å². The molecule has 2 aliphatic carbocycles. The van der Waals surface area contributed by atoms with E-state index in [1.807, 2.05) is 52.0 Å². The van der Waals surface area contributed by atoms with Crippen molar-refractivity contribution >= 4 is 54.7 Å². The summed E-state index contributed by atoms with van der Waals surface area (Å²) in [7, 11) is 5.57. The Kier molecular flexibility index (Phi) is 11.3. The Balaban J connectivity index is 1.03. The van der Waals surface area contributed by atoms with Crippen LogP contribution in [0.1, 0.15) is 76.6 Å². The van der Waals surface area contributed by atoms with Gasteiger partial charge >= 0.3 is 0 Å². The van der Waals surface area contributed by atoms with Crippen LogP contribution in [0.2, 0.25) is 0 Å². The standard InChI is InChI=1S/C46H56N14O2S2/c1-24(2)59-14-10-32(55-59)37-26(5)35-39(49-22-28-18-30(19-28)61-8)51-42(54-45(35)63-37)44-48-13-17-58(44)23-34(29-20-31(21-29)62-9)50-40-36-27(6)38(33-11-15-60(56-33)25(3)4)64-46(36)53-41(52-40)43-47-12-16-57(43)7/h10-17,24-25,28-31,34H,18-23H2,1-9H3,(H,49,51,54)(H,50,52,53). The van der Waals surface area contributed by atoms with Crippen molar-refractivity contribution in [1.82, 2.24) is 58.6 Å². The Morgan fingerprint density at radius 1 is 0.703 bits per heavy atom. The van der Waals surface area contributed by atoms with E-state index >= 15 is 0 Å². The van der Waals surface area contributed by atoms with Gasteiger partial charge in [-0.3, -0.25) is 9.36 Å². The van der Waals surface area contributed by atoms with E-state index in [1.165, 1.54) is 0 Å². The summed E-state index contributed by atoms with van der Waals surface area (Å²) in [5, 5.41) is 19.7. The summed E-state index contributed by atoms with van der Waals surface area (Å²) in [5.41, 5.74) is 4.09. The van der Waals surface area contributed by atoms with Crippen LogP contribution in [0.3, 0.4) is 0 Å². The third-order valence-electron chi connectivity index (χ3n) is 13.1. The molecule has 2 saturated carbocycles. The van der Waals surface area contributed by atoms with Crippen LogP contribution in [0.15, 0.2) is 49.3 Å². The first kappa shape index (κ1) is 42.4. The van der Waals surface area contributed by atoms with E-state index in [0.29, 0.717) is 47.8 Å². The summed E-state index contributed by atoms with van der Waals surface area (Å²) in [4.78, 5) is 34.5. The molecule has 0 bridgehead atoms. The molecule has 2 fully saturated rings. The molecule has 64 heavy (non-hydrogen) atoms. The minimum absolute atomic E-state index is 0.0464. The Morgan fingerprint density at radius 2 is 1.25 bits per heavy atom. The van der Waals surface area contributed by atoms with Crippen LogP contribution >= 0.6 is 22.7 Å². The number of rotatable bonds is 16. The lowest BCUT2D eigenvalue weighted by Crippen LogP contribution is -2.44. The van der Waals surface area contributed by atoms with Crippen molar-refractivity contribution in [3.63, 3.8) is 0 Å². The molecule has 1 unspecified atom stereocenters. The highest BCUT2D eigenvalue weighted by Crippen LogP contribution is 2.44. The maximum absolute atomic E-state index is 5.83. The van der Waals surface area contributed by atoms with Gasteiger partial charge in [0.2, 0.25) is 0 Å². The van der Waals surface area contributed by atoms with Crippen molar-refractivity contribution in [3.8, 4) is 44.4 Å². The molecule has 18 heteroatoms. The summed E-state index contributed by atoms with van der Waals surface area (Å²) >= 11 is 3.30. The first-order valence-electron chi connectivity index (χ1n) is 22.2. The van der Waals surface area contributed by atoms with Gasteiger partial charge < -0.3 is 29.2 Å². The largest absolute Gasteiger partial charge is 0.381 e. The number of hydrogen-bond acceptors (Lipinski definition) is 14. The molecule has 10 rings (SSSR count). The molecule has 0 amide bonds. The van der Waals surface area contributed by atoms with Crippen molar-refractivity contribution in [2.24, 2.45) is 18.9 Å². The molecular weight excluding hydrogens is 845 g/mol. The molecule has 8 aromatic heterocycles. The van der Waals surface area contributed by atoms with Crippen LogP contribution in [-0.2, 0) is 23.1 Å². The zero-order chi connectivity index (χ0) is 44.4. The number of nitrogens with zero attached hydrogens (tertiary/aromatic N) is 12. The minimum Gasteiger partial charge on any atom is -0.381 e. The van der Waals surface area contributed by atoms with Gasteiger partial charge in [-0.25, -0.2) is 29.9 Å². The van der Waals surface area contributed by atoms with Crippen LogP contribution in [-0.4, -0.2) is 97.6 Å². The van der Waals surface area contributed by atoms with E-state index in [1.54, 1.807) is 43.1 Å². The van der Waals surface area contributed by atoms with Gasteiger partial charge in [0.05, 0.1) is 32.7 Å². The number of anilines is 2. The number of aryl methyl sites for hydroxylation is 3. The lowest BCUT2D eigenvalue weighted by molar-refractivity contribution is -0.00676. The predicted octanol–water partition coefficient (Wildman–Crippen LogP) is 9.21. The van der Waals surface area contributed by atoms with E-state index in [4.69, 9.17) is 44.6 Å². The first-order chi connectivity index (χ1) is 31.0. The number of nitrogens with one attached hydrogen (secondary N) is 2. The number of aromatic nitrogens is 12. The van der Waals surface area contributed by atoms with Gasteiger partial charge in [0.15, 0.2) is 23.3 Å². The van der Waals surface area contributed by atoms with Crippen molar-refractivity contribution in [2.45, 2.75) is 104 Å². The van der Waals surface area contributed by atoms with Crippen molar-refractivity contribution in [1.29, 1.82) is 0 Å². The average molecular weight is 901 g/mol. The molecule has 334 valence electrons. The molecular formula is C46H56N14O2S2. The number of ether oxygens (including phenoxy) is 2. The van der Waals surface area contributed by atoms with Crippen molar-refractivity contribution in [2.75, 3.05) is 31.4 Å². The second-order valence-electron chi connectivity index (χ2n) is 18.0. The van der Waals surface area contributed by atoms with E-state index in [9.17, 15) is 0 Å². The fourth-order valence-corrected chi connectivity index (χ4v) is 11.3. The zero-order valence-electron chi connectivity index (χ0n) is 37.9. The Bertz CT molecular complexity index is 2940. The van der Waals surface area contributed by atoms with Gasteiger partial charge in [-0.1, -0.05) is 0 Å². The highest BCUT2D eigenvalue weighted by molar-refractivity contribution is 7.22. The van der Waals surface area contributed by atoms with Gasteiger partial charge in [-0.15, -0.1) is 22.7 Å². The van der Waals surface area contributed by atoms with Gasteiger partial charge in [-0.2, -0.15) is 10.2 Å². The smallest absolute Gasteiger partial charge is 0.199 e. The van der Waals surface area contributed by atoms with Gasteiger partial charge in [-0.05, 0) is 102 Å². The van der Waals surface area contributed by atoms with Gasteiger partial charge in [0.1, 0.15) is 32.7 Å². The number of fused-ring (bicyclic) bond motifs is 2. The fourth-order valence-electron chi connectivity index (χ4n) is 9.04. The Morgan fingerprint density at radius 3 is 1.81 bits per heavy atom. The minimum atomic E-state index is -0.0464. The summed E-state index contributed by atoms with van der Waals surface area (Å²) < 4.78 is 19.6. The monoisotopic (exact) mass is 900 g/mol. The van der Waals surface area contributed by atoms with Gasteiger partial charge in [0, 0.05) is 89.7 Å². The second kappa shape index (κ2) is 17.1. The van der Waals surface area contributed by atoms with E-state index in [-0.39, 0.29) is 24.2 Å². The summed E-state index contributed by atoms with van der Waals surface area (Å²) in [6, 6.07) is 4.65. The van der Waals surface area contributed by atoms with Crippen molar-refractivity contribution < 1.29 is 9.47 Å². The van der Waals surface area contributed by atoms with E-state index in [2.05, 4.69) is 73.9 Å². The highest BCUT2D eigenvalue weighted by atomic mass is 32.1. The summed E-state index contributed by atoms with van der Waals surface area (Å²) in [6.45, 7) is 14.3. The lowest BCUT2D eigenvalue weighted by atomic mass is 9.77. The Hall–Kier alpha value is -5.56. The van der Waals surface area contributed by atoms with Gasteiger partial charge in [0.25, 0.3) is 0 Å². The molecule has 0 aliphatic heterocycles. The molecule has 16 nitrogen and oxygen atoms in total. The quantitative estimate of drug-likeness (QED) is 0.0946. The first-order valence-corrected chi connectivity index (χ1v) is 23.9. The van der Waals surface area contributed by atoms with Crippen LogP contribution < -0.4 is 10.6 Å². The normalized spacial score (nSPS) is 19.2. The summed E-state index contributed by atoms with van der Waals surface area (Å²) in [5.74, 6) is 4.95. The number of hydrogen-bond donors (Lipinski definition) is 2. The predicted molar refractivity (Wildman–Crippen MR) is 254 cm³/mol. The SMILES string of the molecule is COC1CC(CNc2nc(-c3nccn3CC(Nc3nc(-c4nccn4C)nc4sc(-c5ccn(C(C)C)n5)c(C)c34)C3CC(OC)C3)nc3sc(-c4ccn(C(C)C)n4)c(C)c23)C1. The molecule has 8 aromatic rings. The third kappa shape index (κ3) is 7.77. The highest BCUT2D eigenvalue weighted by Gasteiger charge is 2.37. The second-order valence-corrected chi connectivity index (χ2v) is 20.0. The van der Waals surface area contributed by atoms with Crippen LogP contribution in [0, 0.1) is 25.7 Å². The molecule has 2 N–H and O–H groups in total. The zero-order valence-corrected chi connectivity index (χ0v) is 39.5. The maximum atomic E-state index is 5.83. The van der Waals surface area contributed by atoms with E-state index < -0.39 is 0 Å². The van der Waals surface area contributed by atoms with Crippen LogP contribution in [0.5, 0.6) is 0 Å². The average Bonchev–Trinajstić information content (AvgIpc) is 4.10. The van der Waals surface area contributed by atoms with Crippen LogP contribution in [0.25, 0.3) is 64.9 Å². The molecule has 0 radical (unpaired) electrons. The third-order valence-corrected chi connectivity index (χ3v) is 15.5. The summed E-state index contributed by atoms with van der Waals surface area (Å²) in [6.07, 6.45) is 16.1. The fraction of sp³-hybridized carbons (Fsp3) is 0.478. The lowest BCUT2D eigenvalue weighted by Gasteiger charge is -2.40. The number of thiophene rings is 2. The van der Waals surface area contributed by atoms with E-state index in [0.717, 1.165) is 96.6 Å². The topological polar surface area (TPSA) is 165 Å². The molecule has 0 aromatic carbocycles. The van der Waals surface area contributed by atoms with Crippen molar-refractivity contribution in [3.05, 3.63) is 60.4 Å².